The monoisotopic (exact) mass is 523 g/mol. The number of aromatic nitrogens is 4. The number of piperidine rings is 1. The van der Waals surface area contributed by atoms with Crippen LogP contribution in [0.3, 0.4) is 0 Å². The number of hydrogen-bond acceptors (Lipinski definition) is 5. The van der Waals surface area contributed by atoms with Crippen LogP contribution in [0.5, 0.6) is 0 Å². The number of alkyl halides is 3. The molecule has 38 heavy (non-hydrogen) atoms. The molecule has 4 atom stereocenters. The minimum Gasteiger partial charge on any atom is -0.383 e. The summed E-state index contributed by atoms with van der Waals surface area (Å²) in [5.74, 6) is 5.18. The number of primary amides is 1. The fourth-order valence-electron chi connectivity index (χ4n) is 6.48. The molecule has 9 nitrogen and oxygen atoms in total. The lowest BCUT2D eigenvalue weighted by Gasteiger charge is -2.37. The molecule has 1 aromatic carbocycles. The van der Waals surface area contributed by atoms with Crippen LogP contribution < -0.4 is 11.5 Å². The van der Waals surface area contributed by atoms with Gasteiger partial charge in [0.1, 0.15) is 17.1 Å². The molecule has 2 aliphatic carbocycles. The second kappa shape index (κ2) is 8.11. The maximum Gasteiger partial charge on any atom is 0.416 e. The predicted octanol–water partition coefficient (Wildman–Crippen LogP) is 2.54. The van der Waals surface area contributed by atoms with Crippen LogP contribution in [-0.2, 0) is 17.5 Å². The van der Waals surface area contributed by atoms with E-state index in [1.807, 2.05) is 0 Å². The number of halogens is 3. The summed E-state index contributed by atoms with van der Waals surface area (Å²) in [6.07, 6.45) is -0.572. The fraction of sp³-hybridized carbons (Fsp3) is 0.385. The Morgan fingerprint density at radius 1 is 1.29 bits per heavy atom. The highest BCUT2D eigenvalue weighted by Gasteiger charge is 2.79. The van der Waals surface area contributed by atoms with Crippen molar-refractivity contribution in [1.29, 1.82) is 0 Å². The van der Waals surface area contributed by atoms with Crippen molar-refractivity contribution in [2.24, 2.45) is 23.0 Å². The van der Waals surface area contributed by atoms with Crippen LogP contribution in [0, 0.1) is 29.1 Å². The van der Waals surface area contributed by atoms with Crippen LogP contribution in [0.15, 0.2) is 36.7 Å². The van der Waals surface area contributed by atoms with Crippen molar-refractivity contribution in [2.45, 2.75) is 32.1 Å². The molecule has 2 saturated carbocycles. The molecule has 3 aromatic rings. The first-order valence-electron chi connectivity index (χ1n) is 12.1. The maximum absolute atomic E-state index is 13.1. The number of fused-ring (bicyclic) bond motifs is 1. The lowest BCUT2D eigenvalue weighted by molar-refractivity contribution is -0.137. The molecule has 12 heteroatoms. The summed E-state index contributed by atoms with van der Waals surface area (Å²) < 4.78 is 42.3. The van der Waals surface area contributed by atoms with Crippen molar-refractivity contribution < 1.29 is 22.8 Å². The van der Waals surface area contributed by atoms with E-state index in [0.29, 0.717) is 36.1 Å². The zero-order valence-electron chi connectivity index (χ0n) is 20.4. The number of carbonyl (C=O) groups excluding carboxylic acids is 2. The van der Waals surface area contributed by atoms with Crippen molar-refractivity contribution in [2.75, 3.05) is 18.8 Å². The summed E-state index contributed by atoms with van der Waals surface area (Å²) in [6, 6.07) is 5.01. The van der Waals surface area contributed by atoms with E-state index in [1.165, 1.54) is 16.9 Å². The number of carbonyl (C=O) groups is 2. The van der Waals surface area contributed by atoms with Crippen molar-refractivity contribution in [3.63, 3.8) is 0 Å². The third kappa shape index (κ3) is 3.56. The van der Waals surface area contributed by atoms with Gasteiger partial charge in [0, 0.05) is 30.3 Å². The minimum atomic E-state index is -4.44. The first-order valence-corrected chi connectivity index (χ1v) is 12.1. The number of rotatable bonds is 5. The van der Waals surface area contributed by atoms with Gasteiger partial charge in [-0.15, -0.1) is 0 Å². The number of nitrogen functional groups attached to an aromatic ring is 1. The highest BCUT2D eigenvalue weighted by atomic mass is 19.4. The second-order valence-electron chi connectivity index (χ2n) is 10.2. The average molecular weight is 524 g/mol. The van der Waals surface area contributed by atoms with E-state index in [0.717, 1.165) is 18.6 Å². The summed E-state index contributed by atoms with van der Waals surface area (Å²) in [5.41, 5.74) is 12.6. The van der Waals surface area contributed by atoms with Crippen molar-refractivity contribution >= 4 is 17.6 Å². The highest BCUT2D eigenvalue weighted by Crippen LogP contribution is 2.79. The normalized spacial score (nSPS) is 25.2. The van der Waals surface area contributed by atoms with Gasteiger partial charge < -0.3 is 16.4 Å². The first kappa shape index (κ1) is 24.1. The van der Waals surface area contributed by atoms with Crippen molar-refractivity contribution in [3.05, 3.63) is 53.3 Å². The Morgan fingerprint density at radius 2 is 2.08 bits per heavy atom. The summed E-state index contributed by atoms with van der Waals surface area (Å²) >= 11 is 0. The maximum atomic E-state index is 13.1. The van der Waals surface area contributed by atoms with Crippen LogP contribution >= 0.6 is 0 Å². The lowest BCUT2D eigenvalue weighted by Crippen LogP contribution is -2.40. The standard InChI is InChI=1S/C26H24F3N7O2/c1-2-4-19(37)34-12-17-21-18(8-25(17,21)13-34)36-23(30)20(24(31)38)22(33-36)15-9-32-35(11-15)10-14-5-3-6-16(7-14)26(27,28)29/h3,5-7,9,11,17-18,21H,8,10,12-13,30H2,1H3,(H2,31,38)/t17?,18?,21?,25-/m0/s1. The smallest absolute Gasteiger partial charge is 0.383 e. The molecule has 2 amide bonds. The predicted molar refractivity (Wildman–Crippen MR) is 130 cm³/mol. The van der Waals surface area contributed by atoms with Gasteiger partial charge in [-0.05, 0) is 48.8 Å². The van der Waals surface area contributed by atoms with E-state index in [9.17, 15) is 22.8 Å². The molecule has 3 heterocycles. The van der Waals surface area contributed by atoms with Crippen molar-refractivity contribution in [3.8, 4) is 23.1 Å². The molecule has 0 radical (unpaired) electrons. The highest BCUT2D eigenvalue weighted by molar-refractivity contribution is 6.03. The fourth-order valence-corrected chi connectivity index (χ4v) is 6.48. The Hall–Kier alpha value is -4.27. The van der Waals surface area contributed by atoms with E-state index in [-0.39, 0.29) is 41.0 Å². The van der Waals surface area contributed by atoms with E-state index in [1.54, 1.807) is 28.8 Å². The largest absolute Gasteiger partial charge is 0.416 e. The third-order valence-electron chi connectivity index (χ3n) is 8.17. The Balaban J connectivity index is 1.23. The molecule has 4 N–H and O–H groups in total. The second-order valence-corrected chi connectivity index (χ2v) is 10.2. The Kier molecular flexibility index (Phi) is 5.14. The van der Waals surface area contributed by atoms with Crippen LogP contribution in [0.2, 0.25) is 0 Å². The van der Waals surface area contributed by atoms with Gasteiger partial charge >= 0.3 is 6.18 Å². The molecule has 3 aliphatic rings. The number of amides is 2. The van der Waals surface area contributed by atoms with Crippen LogP contribution in [0.4, 0.5) is 19.0 Å². The quantitative estimate of drug-likeness (QED) is 0.498. The van der Waals surface area contributed by atoms with Gasteiger partial charge in [0.15, 0.2) is 0 Å². The van der Waals surface area contributed by atoms with Crippen LogP contribution in [0.25, 0.3) is 11.3 Å². The van der Waals surface area contributed by atoms with Gasteiger partial charge in [-0.3, -0.25) is 14.3 Å². The SMILES string of the molecule is CC#CC(=O)N1CC2C3C(n4nc(-c5cnn(Cc6cccc(C(F)(F)F)c6)c5)c(C(N)=O)c4N)C[C@]23C1. The van der Waals surface area contributed by atoms with E-state index in [4.69, 9.17) is 11.5 Å². The third-order valence-corrected chi connectivity index (χ3v) is 8.17. The van der Waals surface area contributed by atoms with Crippen LogP contribution in [-0.4, -0.2) is 49.4 Å². The molecule has 6 rings (SSSR count). The number of nitrogens with zero attached hydrogens (tertiary/aromatic N) is 5. The molecule has 2 aromatic heterocycles. The van der Waals surface area contributed by atoms with E-state index < -0.39 is 17.6 Å². The van der Waals surface area contributed by atoms with Gasteiger partial charge in [0.2, 0.25) is 0 Å². The summed E-state index contributed by atoms with van der Waals surface area (Å²) in [5, 5.41) is 8.91. The van der Waals surface area contributed by atoms with Crippen LogP contribution in [0.1, 0.15) is 40.9 Å². The molecule has 0 bridgehead atoms. The topological polar surface area (TPSA) is 125 Å². The summed E-state index contributed by atoms with van der Waals surface area (Å²) in [7, 11) is 0. The average Bonchev–Trinajstić information content (AvgIpc) is 3.34. The van der Waals surface area contributed by atoms with Crippen molar-refractivity contribution in [1.82, 2.24) is 24.5 Å². The molecular formula is C26H24F3N7O2. The number of benzene rings is 1. The summed E-state index contributed by atoms with van der Waals surface area (Å²) in [4.78, 5) is 26.3. The Bertz CT molecular complexity index is 1550. The van der Waals surface area contributed by atoms with Gasteiger partial charge in [-0.2, -0.15) is 23.4 Å². The molecule has 3 fully saturated rings. The summed E-state index contributed by atoms with van der Waals surface area (Å²) in [6.45, 7) is 3.04. The minimum absolute atomic E-state index is 0.0125. The van der Waals surface area contributed by atoms with Gasteiger partial charge in [0.05, 0.1) is 24.3 Å². The number of hydrogen-bond donors (Lipinski definition) is 2. The van der Waals surface area contributed by atoms with Gasteiger partial charge in [0.25, 0.3) is 11.8 Å². The molecule has 1 aliphatic heterocycles. The molecule has 3 unspecified atom stereocenters. The molecule has 196 valence electrons. The molecule has 1 saturated heterocycles. The van der Waals surface area contributed by atoms with E-state index >= 15 is 0 Å². The first-order chi connectivity index (χ1) is 18.0. The zero-order valence-corrected chi connectivity index (χ0v) is 20.4. The lowest BCUT2D eigenvalue weighted by atomic mass is 9.80. The number of likely N-dealkylation sites (tertiary alicyclic amines) is 1. The number of nitrogens with two attached hydrogens (primary N) is 2. The Morgan fingerprint density at radius 3 is 2.76 bits per heavy atom. The molecular weight excluding hydrogens is 499 g/mol. The van der Waals surface area contributed by atoms with Gasteiger partial charge in [-0.25, -0.2) is 4.68 Å². The number of anilines is 1. The Labute approximate surface area is 215 Å². The van der Waals surface area contributed by atoms with Gasteiger partial charge in [-0.1, -0.05) is 18.1 Å². The zero-order chi connectivity index (χ0) is 27.0. The van der Waals surface area contributed by atoms with E-state index in [2.05, 4.69) is 22.0 Å². The molecule has 1 spiro atoms.